The molecule has 0 aliphatic carbocycles. The van der Waals surface area contributed by atoms with E-state index in [0.29, 0.717) is 36.8 Å². The summed E-state index contributed by atoms with van der Waals surface area (Å²) in [6.07, 6.45) is 1.68. The summed E-state index contributed by atoms with van der Waals surface area (Å²) in [6, 6.07) is -0.384. The van der Waals surface area contributed by atoms with Crippen LogP contribution in [0.15, 0.2) is 16.7 Å². The molecule has 3 aliphatic heterocycles. The van der Waals surface area contributed by atoms with E-state index in [2.05, 4.69) is 15.1 Å². The Hall–Kier alpha value is -2.19. The first-order chi connectivity index (χ1) is 12.8. The molecule has 0 saturated carbocycles. The molecule has 13 heteroatoms. The molecular formula is C14H18N4O8S. The van der Waals surface area contributed by atoms with Crippen LogP contribution in [0, 0.1) is 0 Å². The zero-order chi connectivity index (χ0) is 19.2. The SMILES string of the molecule is O=C(NOC1CNCc2ccoc21)[C@H]1CC[C@H]2CN1C(=O)N2OS(=O)(=O)O. The van der Waals surface area contributed by atoms with Gasteiger partial charge in [0, 0.05) is 25.2 Å². The summed E-state index contributed by atoms with van der Waals surface area (Å²) in [7, 11) is -4.83. The van der Waals surface area contributed by atoms with E-state index in [4.69, 9.17) is 13.8 Å². The highest BCUT2D eigenvalue weighted by Crippen LogP contribution is 2.31. The van der Waals surface area contributed by atoms with Crippen LogP contribution in [0.5, 0.6) is 0 Å². The van der Waals surface area contributed by atoms with E-state index in [0.717, 1.165) is 5.56 Å². The average molecular weight is 402 g/mol. The van der Waals surface area contributed by atoms with Crippen LogP contribution in [0.2, 0.25) is 0 Å². The summed E-state index contributed by atoms with van der Waals surface area (Å²) in [5.74, 6) is 0.0944. The van der Waals surface area contributed by atoms with Crippen LogP contribution in [-0.2, 0) is 30.9 Å². The molecule has 2 fully saturated rings. The van der Waals surface area contributed by atoms with Gasteiger partial charge in [0.2, 0.25) is 0 Å². The van der Waals surface area contributed by atoms with Crippen molar-refractivity contribution in [1.29, 1.82) is 0 Å². The molecule has 3 atom stereocenters. The van der Waals surface area contributed by atoms with Gasteiger partial charge < -0.3 is 14.6 Å². The van der Waals surface area contributed by atoms with Crippen molar-refractivity contribution in [1.82, 2.24) is 20.8 Å². The number of amides is 3. The number of rotatable bonds is 5. The zero-order valence-corrected chi connectivity index (χ0v) is 14.8. The third-order valence-corrected chi connectivity index (χ3v) is 5.17. The normalized spacial score (nSPS) is 27.6. The van der Waals surface area contributed by atoms with Gasteiger partial charge in [-0.25, -0.2) is 10.3 Å². The van der Waals surface area contributed by atoms with Gasteiger partial charge in [-0.3, -0.25) is 14.2 Å². The van der Waals surface area contributed by atoms with E-state index in [1.807, 2.05) is 6.07 Å². The third kappa shape index (κ3) is 3.51. The van der Waals surface area contributed by atoms with Crippen molar-refractivity contribution in [2.45, 2.75) is 37.6 Å². The molecule has 1 aromatic rings. The highest BCUT2D eigenvalue weighted by Gasteiger charge is 2.49. The number of nitrogens with zero attached hydrogens (tertiary/aromatic N) is 2. The van der Waals surface area contributed by atoms with E-state index >= 15 is 0 Å². The first kappa shape index (κ1) is 18.2. The van der Waals surface area contributed by atoms with Crippen molar-refractivity contribution in [2.75, 3.05) is 13.1 Å². The van der Waals surface area contributed by atoms with E-state index in [-0.39, 0.29) is 6.54 Å². The molecule has 4 heterocycles. The standard InChI is InChI=1S/C14H18N4O8S/c19-13(16-25-11-6-15-5-8-3-4-24-12(8)11)10-2-1-9-7-17(10)14(20)18(9)26-27(21,22)23/h3-4,9-11,15H,1-2,5-7H2,(H,16,19)(H,21,22,23)/t9-,10+,11?/m0/s1. The van der Waals surface area contributed by atoms with Gasteiger partial charge in [-0.1, -0.05) is 0 Å². The Kier molecular flexibility index (Phi) is 4.55. The van der Waals surface area contributed by atoms with Crippen LogP contribution in [0.4, 0.5) is 4.79 Å². The molecule has 2 saturated heterocycles. The molecule has 2 bridgehead atoms. The predicted octanol–water partition coefficient (Wildman–Crippen LogP) is -0.525. The van der Waals surface area contributed by atoms with E-state index in [9.17, 15) is 18.0 Å². The van der Waals surface area contributed by atoms with E-state index < -0.39 is 40.5 Å². The minimum atomic E-state index is -4.83. The topological polar surface area (TPSA) is 151 Å². The molecule has 3 amide bonds. The van der Waals surface area contributed by atoms with Gasteiger partial charge in [-0.05, 0) is 18.9 Å². The quantitative estimate of drug-likeness (QED) is 0.436. The van der Waals surface area contributed by atoms with Gasteiger partial charge in [-0.2, -0.15) is 13.5 Å². The van der Waals surface area contributed by atoms with Crippen molar-refractivity contribution >= 4 is 22.3 Å². The van der Waals surface area contributed by atoms with Crippen LogP contribution in [0.3, 0.4) is 0 Å². The monoisotopic (exact) mass is 402 g/mol. The second kappa shape index (κ2) is 6.76. The smallest absolute Gasteiger partial charge is 0.418 e. The maximum absolute atomic E-state index is 12.5. The van der Waals surface area contributed by atoms with Crippen molar-refractivity contribution < 1.29 is 36.1 Å². The number of piperidine rings is 1. The summed E-state index contributed by atoms with van der Waals surface area (Å²) in [6.45, 7) is 1.21. The number of carbonyl (C=O) groups is 2. The molecule has 3 aliphatic rings. The van der Waals surface area contributed by atoms with Gasteiger partial charge >= 0.3 is 16.4 Å². The highest BCUT2D eigenvalue weighted by atomic mass is 32.3. The Morgan fingerprint density at radius 1 is 1.41 bits per heavy atom. The Balaban J connectivity index is 1.39. The lowest BCUT2D eigenvalue weighted by atomic mass is 10.0. The second-order valence-electron chi connectivity index (χ2n) is 6.52. The highest BCUT2D eigenvalue weighted by molar-refractivity contribution is 7.80. The summed E-state index contributed by atoms with van der Waals surface area (Å²) in [4.78, 5) is 31.5. The summed E-state index contributed by atoms with van der Waals surface area (Å²) < 4.78 is 40.3. The Bertz CT molecular complexity index is 855. The van der Waals surface area contributed by atoms with Gasteiger partial charge in [0.15, 0.2) is 6.10 Å². The number of furan rings is 1. The van der Waals surface area contributed by atoms with Crippen molar-refractivity contribution in [2.24, 2.45) is 0 Å². The van der Waals surface area contributed by atoms with Gasteiger partial charge in [0.1, 0.15) is 11.8 Å². The number of urea groups is 1. The molecular weight excluding hydrogens is 384 g/mol. The number of hydrogen-bond acceptors (Lipinski definition) is 8. The number of nitrogens with one attached hydrogen (secondary N) is 2. The first-order valence-electron chi connectivity index (χ1n) is 8.33. The fourth-order valence-corrected chi connectivity index (χ4v) is 3.99. The molecule has 12 nitrogen and oxygen atoms in total. The van der Waals surface area contributed by atoms with Gasteiger partial charge in [0.05, 0.1) is 12.3 Å². The average Bonchev–Trinajstić information content (AvgIpc) is 3.19. The minimum absolute atomic E-state index is 0.111. The van der Waals surface area contributed by atoms with Crippen LogP contribution in [-0.4, -0.2) is 60.0 Å². The molecule has 1 aromatic heterocycles. The summed E-state index contributed by atoms with van der Waals surface area (Å²) >= 11 is 0. The molecule has 0 aromatic carbocycles. The van der Waals surface area contributed by atoms with Crippen LogP contribution < -0.4 is 10.8 Å². The van der Waals surface area contributed by atoms with Gasteiger partial charge in [0.25, 0.3) is 5.91 Å². The lowest BCUT2D eigenvalue weighted by Gasteiger charge is -2.30. The maximum atomic E-state index is 12.5. The number of hydroxylamine groups is 3. The zero-order valence-electron chi connectivity index (χ0n) is 14.0. The molecule has 148 valence electrons. The fraction of sp³-hybridized carbons (Fsp3) is 0.571. The maximum Gasteiger partial charge on any atom is 0.418 e. The molecule has 1 unspecified atom stereocenters. The number of fused-ring (bicyclic) bond motifs is 3. The second-order valence-corrected chi connectivity index (χ2v) is 7.53. The summed E-state index contributed by atoms with van der Waals surface area (Å²) in [5, 5.41) is 3.72. The van der Waals surface area contributed by atoms with E-state index in [1.54, 1.807) is 6.26 Å². The number of carbonyl (C=O) groups excluding carboxylic acids is 2. The third-order valence-electron chi connectivity index (χ3n) is 4.82. The molecule has 0 radical (unpaired) electrons. The van der Waals surface area contributed by atoms with Crippen LogP contribution >= 0.6 is 0 Å². The van der Waals surface area contributed by atoms with E-state index in [1.165, 1.54) is 4.90 Å². The minimum Gasteiger partial charge on any atom is -0.466 e. The van der Waals surface area contributed by atoms with Crippen LogP contribution in [0.1, 0.15) is 30.3 Å². The van der Waals surface area contributed by atoms with Crippen molar-refractivity contribution in [3.63, 3.8) is 0 Å². The lowest BCUT2D eigenvalue weighted by Crippen LogP contribution is -2.50. The predicted molar refractivity (Wildman–Crippen MR) is 85.8 cm³/mol. The molecule has 0 spiro atoms. The molecule has 27 heavy (non-hydrogen) atoms. The summed E-state index contributed by atoms with van der Waals surface area (Å²) in [5.41, 5.74) is 3.30. The fourth-order valence-electron chi connectivity index (χ4n) is 3.60. The van der Waals surface area contributed by atoms with Crippen molar-refractivity contribution in [3.05, 3.63) is 23.7 Å². The Morgan fingerprint density at radius 3 is 3.00 bits per heavy atom. The first-order valence-corrected chi connectivity index (χ1v) is 9.69. The molecule has 4 rings (SSSR count). The largest absolute Gasteiger partial charge is 0.466 e. The van der Waals surface area contributed by atoms with Gasteiger partial charge in [-0.15, -0.1) is 4.28 Å². The lowest BCUT2D eigenvalue weighted by molar-refractivity contribution is -0.145. The van der Waals surface area contributed by atoms with Crippen LogP contribution in [0.25, 0.3) is 0 Å². The number of hydrogen-bond donors (Lipinski definition) is 3. The Labute approximate surface area is 154 Å². The van der Waals surface area contributed by atoms with Crippen molar-refractivity contribution in [3.8, 4) is 0 Å². The Morgan fingerprint density at radius 2 is 2.22 bits per heavy atom. The molecule has 3 N–H and O–H groups in total.